The fraction of sp³-hybridized carbons (Fsp3) is 0.812. The van der Waals surface area contributed by atoms with Crippen LogP contribution in [0.3, 0.4) is 0 Å². The Hall–Kier alpha value is -1.66. The summed E-state index contributed by atoms with van der Waals surface area (Å²) in [5.41, 5.74) is 2.13. The standard InChI is InChI=1S/C32H50O6/c1-18(2)10-9-11-21(29(36)37-8)27-23-16-25(35)28-30(5)14-13-24(34)19(3)22(30)12-15-31(28,6)32(23,7)17-26(27)38-20(4)33/h10,19,22-26,28,34-35H,9,11-17H2,1-8H3/b27-21-. The Morgan fingerprint density at radius 2 is 1.71 bits per heavy atom. The lowest BCUT2D eigenvalue weighted by Crippen LogP contribution is -2.65. The quantitative estimate of drug-likeness (QED) is 0.267. The minimum absolute atomic E-state index is 0.0724. The predicted octanol–water partition coefficient (Wildman–Crippen LogP) is 5.75. The zero-order valence-electron chi connectivity index (χ0n) is 24.8. The SMILES string of the molecule is COC(=O)/C(CCC=C(C)C)=C1\C(OC(C)=O)CC2(C)C1CC(O)C1C3(C)CCC(O)C(C)C3CCC12C. The molecule has 10 unspecified atom stereocenters. The van der Waals surface area contributed by atoms with E-state index in [9.17, 15) is 19.8 Å². The maximum atomic E-state index is 13.2. The van der Waals surface area contributed by atoms with Gasteiger partial charge in [0.25, 0.3) is 0 Å². The average molecular weight is 531 g/mol. The molecule has 0 aromatic heterocycles. The van der Waals surface area contributed by atoms with Crippen molar-refractivity contribution in [3.8, 4) is 0 Å². The maximum absolute atomic E-state index is 13.2. The van der Waals surface area contributed by atoms with Crippen LogP contribution in [0.2, 0.25) is 0 Å². The Bertz CT molecular complexity index is 1010. The molecule has 4 aliphatic carbocycles. The van der Waals surface area contributed by atoms with E-state index in [1.165, 1.54) is 19.6 Å². The smallest absolute Gasteiger partial charge is 0.333 e. The molecular weight excluding hydrogens is 480 g/mol. The lowest BCUT2D eigenvalue weighted by molar-refractivity contribution is -0.234. The van der Waals surface area contributed by atoms with Crippen molar-refractivity contribution in [2.75, 3.05) is 7.11 Å². The summed E-state index contributed by atoms with van der Waals surface area (Å²) in [4.78, 5) is 25.5. The Labute approximate surface area is 229 Å². The van der Waals surface area contributed by atoms with Crippen molar-refractivity contribution in [3.05, 3.63) is 22.8 Å². The number of hydrogen-bond acceptors (Lipinski definition) is 6. The molecule has 0 radical (unpaired) electrons. The number of carbonyl (C=O) groups excluding carboxylic acids is 2. The van der Waals surface area contributed by atoms with E-state index in [0.29, 0.717) is 37.2 Å². The Balaban J connectivity index is 1.84. The predicted molar refractivity (Wildman–Crippen MR) is 147 cm³/mol. The first-order chi connectivity index (χ1) is 17.7. The van der Waals surface area contributed by atoms with Gasteiger partial charge in [-0.1, -0.05) is 39.3 Å². The lowest BCUT2D eigenvalue weighted by atomic mass is 9.36. The third kappa shape index (κ3) is 4.48. The van der Waals surface area contributed by atoms with Crippen LogP contribution < -0.4 is 0 Å². The maximum Gasteiger partial charge on any atom is 0.333 e. The molecule has 4 aliphatic rings. The highest BCUT2D eigenvalue weighted by molar-refractivity contribution is 5.90. The van der Waals surface area contributed by atoms with Gasteiger partial charge in [0.1, 0.15) is 6.10 Å². The fourth-order valence-electron chi connectivity index (χ4n) is 9.90. The highest BCUT2D eigenvalue weighted by atomic mass is 16.5. The van der Waals surface area contributed by atoms with E-state index in [4.69, 9.17) is 9.47 Å². The van der Waals surface area contributed by atoms with Gasteiger partial charge in [-0.25, -0.2) is 4.79 Å². The number of allylic oxidation sites excluding steroid dienone is 2. The van der Waals surface area contributed by atoms with Crippen LogP contribution in [0.5, 0.6) is 0 Å². The van der Waals surface area contributed by atoms with E-state index in [-0.39, 0.29) is 52.0 Å². The van der Waals surface area contributed by atoms with Crippen LogP contribution in [0, 0.1) is 39.9 Å². The molecule has 0 aromatic carbocycles. The summed E-state index contributed by atoms with van der Waals surface area (Å²) < 4.78 is 11.2. The number of rotatable bonds is 5. The molecule has 0 bridgehead atoms. The van der Waals surface area contributed by atoms with Crippen LogP contribution in [-0.2, 0) is 19.1 Å². The lowest BCUT2D eigenvalue weighted by Gasteiger charge is -2.69. The number of methoxy groups -OCH3 is 1. The van der Waals surface area contributed by atoms with Gasteiger partial charge in [0.15, 0.2) is 0 Å². The van der Waals surface area contributed by atoms with E-state index in [1.54, 1.807) is 0 Å². The second kappa shape index (κ2) is 10.4. The molecule has 4 rings (SSSR count). The van der Waals surface area contributed by atoms with E-state index in [1.807, 2.05) is 13.8 Å². The highest BCUT2D eigenvalue weighted by Gasteiger charge is 2.70. The number of aliphatic hydroxyl groups is 2. The number of fused-ring (bicyclic) bond motifs is 5. The zero-order chi connectivity index (χ0) is 28.2. The highest BCUT2D eigenvalue weighted by Crippen LogP contribution is 2.74. The summed E-state index contributed by atoms with van der Waals surface area (Å²) in [7, 11) is 1.41. The van der Waals surface area contributed by atoms with Crippen molar-refractivity contribution in [3.63, 3.8) is 0 Å². The molecule has 38 heavy (non-hydrogen) atoms. The van der Waals surface area contributed by atoms with Gasteiger partial charge in [-0.05, 0) is 111 Å². The van der Waals surface area contributed by atoms with E-state index in [0.717, 1.165) is 31.3 Å². The average Bonchev–Trinajstić information content (AvgIpc) is 3.10. The molecule has 214 valence electrons. The third-order valence-electron chi connectivity index (χ3n) is 11.7. The van der Waals surface area contributed by atoms with E-state index in [2.05, 4.69) is 33.8 Å². The third-order valence-corrected chi connectivity index (χ3v) is 11.7. The molecule has 0 aliphatic heterocycles. The molecule has 4 fully saturated rings. The topological polar surface area (TPSA) is 93.1 Å². The molecular formula is C32H50O6. The van der Waals surface area contributed by atoms with Crippen LogP contribution in [0.25, 0.3) is 0 Å². The second-order valence-corrected chi connectivity index (χ2v) is 13.8. The number of aliphatic hydroxyl groups excluding tert-OH is 2. The van der Waals surface area contributed by atoms with Gasteiger partial charge in [-0.15, -0.1) is 0 Å². The van der Waals surface area contributed by atoms with Crippen molar-refractivity contribution in [1.82, 2.24) is 0 Å². The number of hydrogen-bond donors (Lipinski definition) is 2. The van der Waals surface area contributed by atoms with E-state index >= 15 is 0 Å². The van der Waals surface area contributed by atoms with Gasteiger partial charge in [-0.3, -0.25) is 4.79 Å². The summed E-state index contributed by atoms with van der Waals surface area (Å²) in [6, 6.07) is 0. The van der Waals surface area contributed by atoms with Crippen LogP contribution >= 0.6 is 0 Å². The summed E-state index contributed by atoms with van der Waals surface area (Å²) in [6.45, 7) is 14.7. The summed E-state index contributed by atoms with van der Waals surface area (Å²) in [6.07, 6.45) is 6.87. The van der Waals surface area contributed by atoms with Crippen molar-refractivity contribution in [1.29, 1.82) is 0 Å². The largest absolute Gasteiger partial charge is 0.466 e. The molecule has 0 spiro atoms. The summed E-state index contributed by atoms with van der Waals surface area (Å²) in [5.74, 6) is -0.128. The van der Waals surface area contributed by atoms with Crippen LogP contribution in [0.4, 0.5) is 0 Å². The summed E-state index contributed by atoms with van der Waals surface area (Å²) in [5, 5.41) is 22.7. The van der Waals surface area contributed by atoms with Gasteiger partial charge in [0.2, 0.25) is 0 Å². The van der Waals surface area contributed by atoms with E-state index < -0.39 is 12.2 Å². The minimum atomic E-state index is -0.531. The van der Waals surface area contributed by atoms with Crippen LogP contribution in [0.15, 0.2) is 22.8 Å². The molecule has 0 aromatic rings. The Morgan fingerprint density at radius 1 is 1.03 bits per heavy atom. The van der Waals surface area contributed by atoms with Crippen molar-refractivity contribution >= 4 is 11.9 Å². The number of ether oxygens (including phenoxy) is 2. The van der Waals surface area contributed by atoms with Gasteiger partial charge in [-0.2, -0.15) is 0 Å². The molecule has 6 heteroatoms. The van der Waals surface area contributed by atoms with Crippen molar-refractivity contribution in [2.24, 2.45) is 39.9 Å². The molecule has 6 nitrogen and oxygen atoms in total. The van der Waals surface area contributed by atoms with Crippen LogP contribution in [0.1, 0.15) is 99.8 Å². The van der Waals surface area contributed by atoms with Crippen LogP contribution in [-0.4, -0.2) is 47.6 Å². The first-order valence-corrected chi connectivity index (χ1v) is 14.7. The van der Waals surface area contributed by atoms with Gasteiger partial charge >= 0.3 is 11.9 Å². The van der Waals surface area contributed by atoms with Gasteiger partial charge in [0, 0.05) is 12.5 Å². The first kappa shape index (κ1) is 29.3. The monoisotopic (exact) mass is 530 g/mol. The molecule has 2 N–H and O–H groups in total. The van der Waals surface area contributed by atoms with Crippen molar-refractivity contribution in [2.45, 2.75) is 118 Å². The fourth-order valence-corrected chi connectivity index (χ4v) is 9.90. The molecule has 0 heterocycles. The Morgan fingerprint density at radius 3 is 2.32 bits per heavy atom. The number of carbonyl (C=O) groups is 2. The second-order valence-electron chi connectivity index (χ2n) is 13.8. The molecule has 0 saturated heterocycles. The summed E-state index contributed by atoms with van der Waals surface area (Å²) >= 11 is 0. The minimum Gasteiger partial charge on any atom is -0.466 e. The Kier molecular flexibility index (Phi) is 8.02. The molecule has 4 saturated carbocycles. The zero-order valence-corrected chi connectivity index (χ0v) is 24.8. The van der Waals surface area contributed by atoms with Gasteiger partial charge in [0.05, 0.1) is 19.3 Å². The first-order valence-electron chi connectivity index (χ1n) is 14.7. The molecule has 10 atom stereocenters. The number of esters is 2. The van der Waals surface area contributed by atoms with Gasteiger partial charge < -0.3 is 19.7 Å². The molecule has 0 amide bonds. The normalized spacial score (nSPS) is 45.3. The van der Waals surface area contributed by atoms with Crippen molar-refractivity contribution < 1.29 is 29.3 Å².